The van der Waals surface area contributed by atoms with Gasteiger partial charge in [-0.15, -0.1) is 0 Å². The van der Waals surface area contributed by atoms with E-state index in [9.17, 15) is 0 Å². The zero-order valence-electron chi connectivity index (χ0n) is 11.7. The minimum absolute atomic E-state index is 0.608. The Bertz CT molecular complexity index is 338. The van der Waals surface area contributed by atoms with Crippen LogP contribution in [0.2, 0.25) is 0 Å². The first-order chi connectivity index (χ1) is 7.93. The molecule has 0 saturated carbocycles. The lowest BCUT2D eigenvalue weighted by molar-refractivity contribution is 0.413. The lowest BCUT2D eigenvalue weighted by Gasteiger charge is -2.16. The van der Waals surface area contributed by atoms with Gasteiger partial charge in [-0.05, 0) is 47.9 Å². The maximum absolute atomic E-state index is 6.25. The summed E-state index contributed by atoms with van der Waals surface area (Å²) in [6.45, 7) is 8.84. The summed E-state index contributed by atoms with van der Waals surface area (Å²) in [4.78, 5) is 0. The first-order valence-corrected chi connectivity index (χ1v) is 6.39. The maximum atomic E-state index is 6.25. The lowest BCUT2D eigenvalue weighted by atomic mass is 9.94. The minimum atomic E-state index is 0.608. The number of hydrogen-bond donors (Lipinski definition) is 1. The van der Waals surface area contributed by atoms with Gasteiger partial charge in [-0.2, -0.15) is 0 Å². The predicted octanol–water partition coefficient (Wildman–Crippen LogP) is 3.67. The number of anilines is 1. The molecule has 0 unspecified atom stereocenters. The quantitative estimate of drug-likeness (QED) is 0.790. The molecule has 2 heteroatoms. The van der Waals surface area contributed by atoms with Crippen LogP contribution in [0, 0.1) is 11.8 Å². The second-order valence-electron chi connectivity index (χ2n) is 5.56. The Morgan fingerprint density at radius 3 is 1.71 bits per heavy atom. The van der Waals surface area contributed by atoms with Crippen molar-refractivity contribution in [3.63, 3.8) is 0 Å². The van der Waals surface area contributed by atoms with Crippen LogP contribution in [0.15, 0.2) is 12.1 Å². The van der Waals surface area contributed by atoms with Gasteiger partial charge in [0.25, 0.3) is 0 Å². The van der Waals surface area contributed by atoms with E-state index in [1.54, 1.807) is 7.11 Å². The number of nitrogen functional groups attached to an aromatic ring is 1. The number of rotatable bonds is 5. The molecular formula is C15H25NO. The van der Waals surface area contributed by atoms with E-state index in [1.165, 1.54) is 11.1 Å². The number of methoxy groups -OCH3 is 1. The second kappa shape index (κ2) is 5.95. The molecule has 0 atom stereocenters. The van der Waals surface area contributed by atoms with Crippen LogP contribution in [0.4, 0.5) is 5.69 Å². The summed E-state index contributed by atoms with van der Waals surface area (Å²) >= 11 is 0. The number of benzene rings is 1. The van der Waals surface area contributed by atoms with Crippen LogP contribution in [-0.4, -0.2) is 7.11 Å². The minimum Gasteiger partial charge on any atom is -0.497 e. The molecule has 0 heterocycles. The highest BCUT2D eigenvalue weighted by Crippen LogP contribution is 2.28. The van der Waals surface area contributed by atoms with Crippen molar-refractivity contribution in [2.24, 2.45) is 11.8 Å². The van der Waals surface area contributed by atoms with Crippen molar-refractivity contribution in [1.82, 2.24) is 0 Å². The van der Waals surface area contributed by atoms with Crippen molar-refractivity contribution >= 4 is 5.69 Å². The van der Waals surface area contributed by atoms with Gasteiger partial charge in [0.2, 0.25) is 0 Å². The molecular weight excluding hydrogens is 210 g/mol. The fraction of sp³-hybridized carbons (Fsp3) is 0.600. The molecule has 1 aromatic carbocycles. The molecule has 0 aromatic heterocycles. The number of hydrogen-bond acceptors (Lipinski definition) is 2. The number of ether oxygens (including phenoxy) is 1. The average molecular weight is 235 g/mol. The molecule has 17 heavy (non-hydrogen) atoms. The molecule has 0 aliphatic carbocycles. The third-order valence-corrected chi connectivity index (χ3v) is 2.82. The highest BCUT2D eigenvalue weighted by molar-refractivity contribution is 5.57. The van der Waals surface area contributed by atoms with Crippen LogP contribution < -0.4 is 10.5 Å². The summed E-state index contributed by atoms with van der Waals surface area (Å²) in [7, 11) is 1.71. The highest BCUT2D eigenvalue weighted by Gasteiger charge is 2.11. The van der Waals surface area contributed by atoms with Crippen molar-refractivity contribution in [3.05, 3.63) is 23.3 Å². The highest BCUT2D eigenvalue weighted by atomic mass is 16.5. The van der Waals surface area contributed by atoms with Gasteiger partial charge >= 0.3 is 0 Å². The van der Waals surface area contributed by atoms with Gasteiger partial charge in [0, 0.05) is 5.69 Å². The largest absolute Gasteiger partial charge is 0.497 e. The first-order valence-electron chi connectivity index (χ1n) is 6.39. The molecule has 0 radical (unpaired) electrons. The maximum Gasteiger partial charge on any atom is 0.119 e. The van der Waals surface area contributed by atoms with E-state index in [0.29, 0.717) is 11.8 Å². The van der Waals surface area contributed by atoms with Crippen LogP contribution in [0.5, 0.6) is 5.75 Å². The Hall–Kier alpha value is -1.18. The average Bonchev–Trinajstić information content (AvgIpc) is 2.22. The monoisotopic (exact) mass is 235 g/mol. The summed E-state index contributed by atoms with van der Waals surface area (Å²) in [5.41, 5.74) is 9.64. The fourth-order valence-electron chi connectivity index (χ4n) is 2.08. The van der Waals surface area contributed by atoms with Gasteiger partial charge in [-0.1, -0.05) is 27.7 Å². The molecule has 0 fully saturated rings. The van der Waals surface area contributed by atoms with E-state index in [2.05, 4.69) is 39.8 Å². The van der Waals surface area contributed by atoms with E-state index >= 15 is 0 Å². The summed E-state index contributed by atoms with van der Waals surface area (Å²) in [5, 5.41) is 0. The van der Waals surface area contributed by atoms with Gasteiger partial charge in [0.15, 0.2) is 0 Å². The van der Waals surface area contributed by atoms with Gasteiger partial charge in [0.1, 0.15) is 5.75 Å². The molecule has 0 aliphatic heterocycles. The van der Waals surface area contributed by atoms with Crippen LogP contribution in [-0.2, 0) is 12.8 Å². The zero-order chi connectivity index (χ0) is 13.0. The van der Waals surface area contributed by atoms with Gasteiger partial charge < -0.3 is 10.5 Å². The van der Waals surface area contributed by atoms with Crippen molar-refractivity contribution in [3.8, 4) is 5.75 Å². The van der Waals surface area contributed by atoms with Gasteiger partial charge in [0.05, 0.1) is 7.11 Å². The zero-order valence-corrected chi connectivity index (χ0v) is 11.7. The summed E-state index contributed by atoms with van der Waals surface area (Å²) < 4.78 is 5.36. The summed E-state index contributed by atoms with van der Waals surface area (Å²) in [6.07, 6.45) is 2.02. The smallest absolute Gasteiger partial charge is 0.119 e. The van der Waals surface area contributed by atoms with Crippen LogP contribution >= 0.6 is 0 Å². The molecule has 0 aliphatic rings. The van der Waals surface area contributed by atoms with E-state index in [4.69, 9.17) is 10.5 Å². The molecule has 0 spiro atoms. The van der Waals surface area contributed by atoms with E-state index < -0.39 is 0 Å². The predicted molar refractivity (Wildman–Crippen MR) is 74.5 cm³/mol. The van der Waals surface area contributed by atoms with E-state index in [-0.39, 0.29) is 0 Å². The van der Waals surface area contributed by atoms with Crippen molar-refractivity contribution in [2.45, 2.75) is 40.5 Å². The molecule has 0 amide bonds. The summed E-state index contributed by atoms with van der Waals surface area (Å²) in [5.74, 6) is 2.14. The lowest BCUT2D eigenvalue weighted by Crippen LogP contribution is -2.06. The van der Waals surface area contributed by atoms with E-state index in [1.807, 2.05) is 0 Å². The normalized spacial score (nSPS) is 11.2. The van der Waals surface area contributed by atoms with Crippen LogP contribution in [0.1, 0.15) is 38.8 Å². The van der Waals surface area contributed by atoms with Gasteiger partial charge in [-0.25, -0.2) is 0 Å². The van der Waals surface area contributed by atoms with Crippen LogP contribution in [0.3, 0.4) is 0 Å². The topological polar surface area (TPSA) is 35.2 Å². The fourth-order valence-corrected chi connectivity index (χ4v) is 2.08. The van der Waals surface area contributed by atoms with Gasteiger partial charge in [-0.3, -0.25) is 0 Å². The third-order valence-electron chi connectivity index (χ3n) is 2.82. The Morgan fingerprint density at radius 2 is 1.41 bits per heavy atom. The van der Waals surface area contributed by atoms with Crippen molar-refractivity contribution in [1.29, 1.82) is 0 Å². The molecule has 0 saturated heterocycles. The molecule has 0 bridgehead atoms. The first kappa shape index (κ1) is 13.9. The van der Waals surface area contributed by atoms with Crippen LogP contribution in [0.25, 0.3) is 0 Å². The SMILES string of the molecule is COc1cc(CC(C)C)c(N)c(CC(C)C)c1. The number of nitrogens with two attached hydrogens (primary N) is 1. The third kappa shape index (κ3) is 3.95. The second-order valence-corrected chi connectivity index (χ2v) is 5.56. The van der Waals surface area contributed by atoms with E-state index in [0.717, 1.165) is 24.3 Å². The Balaban J connectivity index is 3.11. The molecule has 2 N–H and O–H groups in total. The summed E-state index contributed by atoms with van der Waals surface area (Å²) in [6, 6.07) is 4.14. The Morgan fingerprint density at radius 1 is 1.00 bits per heavy atom. The molecule has 1 rings (SSSR count). The Labute approximate surface area is 105 Å². The van der Waals surface area contributed by atoms with Crippen molar-refractivity contribution in [2.75, 3.05) is 12.8 Å². The molecule has 96 valence electrons. The Kier molecular flexibility index (Phi) is 4.86. The standard InChI is InChI=1S/C15H25NO/c1-10(2)6-12-8-14(17-5)9-13(15(12)16)7-11(3)4/h8-11H,6-7,16H2,1-5H3. The molecule has 2 nitrogen and oxygen atoms in total. The molecule has 1 aromatic rings. The van der Waals surface area contributed by atoms with Crippen molar-refractivity contribution < 1.29 is 4.74 Å².